The molecule has 1 N–H and O–H groups in total. The van der Waals surface area contributed by atoms with Crippen molar-refractivity contribution in [2.24, 2.45) is 5.92 Å². The fraction of sp³-hybridized carbons (Fsp3) is 0.333. The normalized spacial score (nSPS) is 14.5. The van der Waals surface area contributed by atoms with Crippen molar-refractivity contribution >= 4 is 17.5 Å². The zero-order valence-electron chi connectivity index (χ0n) is 15.3. The molecule has 136 valence electrons. The topological polar surface area (TPSA) is 49.4 Å². The molecule has 4 nitrogen and oxygen atoms in total. The number of amides is 2. The second-order valence-electron chi connectivity index (χ2n) is 7.18. The van der Waals surface area contributed by atoms with Crippen molar-refractivity contribution in [2.45, 2.75) is 39.8 Å². The molecule has 0 aromatic heterocycles. The Balaban J connectivity index is 1.84. The Labute approximate surface area is 153 Å². The zero-order chi connectivity index (χ0) is 18.8. The number of benzene rings is 2. The van der Waals surface area contributed by atoms with Crippen molar-refractivity contribution in [3.05, 3.63) is 65.0 Å². The van der Waals surface area contributed by atoms with E-state index in [1.54, 1.807) is 24.0 Å². The van der Waals surface area contributed by atoms with E-state index in [9.17, 15) is 14.0 Å². The molecule has 3 rings (SSSR count). The first-order valence-electron chi connectivity index (χ1n) is 8.82. The maximum absolute atomic E-state index is 13.3. The first kappa shape index (κ1) is 18.1. The third kappa shape index (κ3) is 3.62. The van der Waals surface area contributed by atoms with Gasteiger partial charge in [0, 0.05) is 17.8 Å². The number of hydrogen-bond donors (Lipinski definition) is 1. The molecule has 2 aromatic rings. The predicted molar refractivity (Wildman–Crippen MR) is 99.3 cm³/mol. The minimum Gasteiger partial charge on any atom is -0.324 e. The summed E-state index contributed by atoms with van der Waals surface area (Å²) in [5, 5.41) is 2.87. The highest BCUT2D eigenvalue weighted by Gasteiger charge is 2.36. The van der Waals surface area contributed by atoms with Crippen molar-refractivity contribution in [1.82, 2.24) is 4.90 Å². The number of nitrogens with zero attached hydrogens (tertiary/aromatic N) is 1. The van der Waals surface area contributed by atoms with E-state index in [-0.39, 0.29) is 23.5 Å². The van der Waals surface area contributed by atoms with Crippen LogP contribution in [-0.4, -0.2) is 22.8 Å². The molecule has 26 heavy (non-hydrogen) atoms. The van der Waals surface area contributed by atoms with E-state index in [1.165, 1.54) is 12.1 Å². The van der Waals surface area contributed by atoms with Gasteiger partial charge in [-0.1, -0.05) is 32.0 Å². The minimum atomic E-state index is -0.570. The van der Waals surface area contributed by atoms with Crippen molar-refractivity contribution in [3.63, 3.8) is 0 Å². The lowest BCUT2D eigenvalue weighted by Crippen LogP contribution is -2.45. The van der Waals surface area contributed by atoms with Crippen LogP contribution in [0.1, 0.15) is 41.8 Å². The van der Waals surface area contributed by atoms with E-state index in [2.05, 4.69) is 5.32 Å². The molecule has 0 fully saturated rings. The van der Waals surface area contributed by atoms with E-state index in [1.807, 2.05) is 32.0 Å². The van der Waals surface area contributed by atoms with Gasteiger partial charge < -0.3 is 10.2 Å². The lowest BCUT2D eigenvalue weighted by Gasteiger charge is -2.28. The Hall–Kier alpha value is -2.69. The third-order valence-electron chi connectivity index (χ3n) is 4.67. The number of halogens is 1. The van der Waals surface area contributed by atoms with Gasteiger partial charge in [0.15, 0.2) is 0 Å². The first-order valence-corrected chi connectivity index (χ1v) is 8.82. The molecule has 2 aromatic carbocycles. The number of nitrogens with one attached hydrogen (secondary N) is 1. The summed E-state index contributed by atoms with van der Waals surface area (Å²) in [6.07, 6.45) is 0.561. The fourth-order valence-corrected chi connectivity index (χ4v) is 3.33. The van der Waals surface area contributed by atoms with Gasteiger partial charge in [-0.2, -0.15) is 0 Å². The van der Waals surface area contributed by atoms with Crippen LogP contribution in [0.25, 0.3) is 0 Å². The van der Waals surface area contributed by atoms with Gasteiger partial charge in [-0.05, 0) is 54.7 Å². The van der Waals surface area contributed by atoms with Crippen molar-refractivity contribution < 1.29 is 14.0 Å². The van der Waals surface area contributed by atoms with Crippen LogP contribution in [0, 0.1) is 18.7 Å². The number of carbonyl (C=O) groups excluding carboxylic acids is 2. The summed E-state index contributed by atoms with van der Waals surface area (Å²) in [7, 11) is 0. The highest BCUT2D eigenvalue weighted by atomic mass is 19.1. The summed E-state index contributed by atoms with van der Waals surface area (Å²) in [6.45, 7) is 6.23. The summed E-state index contributed by atoms with van der Waals surface area (Å²) in [5.74, 6) is -0.451. The van der Waals surface area contributed by atoms with Crippen LogP contribution >= 0.6 is 0 Å². The van der Waals surface area contributed by atoms with Gasteiger partial charge in [0.2, 0.25) is 5.91 Å². The number of fused-ring (bicyclic) bond motifs is 1. The van der Waals surface area contributed by atoms with Gasteiger partial charge in [-0.15, -0.1) is 0 Å². The Morgan fingerprint density at radius 1 is 1.23 bits per heavy atom. The van der Waals surface area contributed by atoms with Crippen LogP contribution in [0.15, 0.2) is 42.5 Å². The molecule has 1 aliphatic rings. The van der Waals surface area contributed by atoms with Crippen LogP contribution < -0.4 is 5.32 Å². The summed E-state index contributed by atoms with van der Waals surface area (Å²) in [6, 6.07) is 11.1. The maximum Gasteiger partial charge on any atom is 0.255 e. The van der Waals surface area contributed by atoms with E-state index >= 15 is 0 Å². The Morgan fingerprint density at radius 2 is 1.96 bits per heavy atom. The lowest BCUT2D eigenvalue weighted by atomic mass is 10.0. The monoisotopic (exact) mass is 354 g/mol. The average Bonchev–Trinajstić information content (AvgIpc) is 2.92. The maximum atomic E-state index is 13.3. The van der Waals surface area contributed by atoms with Gasteiger partial charge in [0.25, 0.3) is 5.91 Å². The zero-order valence-corrected chi connectivity index (χ0v) is 15.3. The second-order valence-corrected chi connectivity index (χ2v) is 7.18. The molecule has 1 atom stereocenters. The van der Waals surface area contributed by atoms with Crippen LogP contribution in [0.3, 0.4) is 0 Å². The van der Waals surface area contributed by atoms with Gasteiger partial charge in [-0.3, -0.25) is 9.59 Å². The van der Waals surface area contributed by atoms with Crippen molar-refractivity contribution in [3.8, 4) is 0 Å². The molecule has 0 saturated heterocycles. The van der Waals surface area contributed by atoms with E-state index < -0.39 is 6.04 Å². The highest BCUT2D eigenvalue weighted by molar-refractivity contribution is 6.03. The molecule has 0 saturated carbocycles. The molecule has 0 aliphatic carbocycles. The van der Waals surface area contributed by atoms with Crippen LogP contribution in [0.2, 0.25) is 0 Å². The van der Waals surface area contributed by atoms with Crippen LogP contribution in [0.5, 0.6) is 0 Å². The molecule has 1 aliphatic heterocycles. The third-order valence-corrected chi connectivity index (χ3v) is 4.67. The predicted octanol–water partition coefficient (Wildman–Crippen LogP) is 4.14. The molecular formula is C21H23FN2O2. The Kier molecular flexibility index (Phi) is 5.07. The number of rotatable bonds is 5. The summed E-state index contributed by atoms with van der Waals surface area (Å²) in [5.41, 5.74) is 2.82. The first-order chi connectivity index (χ1) is 12.4. The molecule has 0 spiro atoms. The van der Waals surface area contributed by atoms with E-state index in [4.69, 9.17) is 0 Å². The standard InChI is InChI=1S/C21H23FN2O2/c1-13(2)10-19(20(25)23-18-9-8-16(22)11-14(18)3)24-12-15-6-4-5-7-17(15)21(24)26/h4-9,11,13,19H,10,12H2,1-3H3,(H,23,25). The molecule has 1 unspecified atom stereocenters. The lowest BCUT2D eigenvalue weighted by molar-refractivity contribution is -0.121. The largest absolute Gasteiger partial charge is 0.324 e. The van der Waals surface area contributed by atoms with E-state index in [0.717, 1.165) is 5.56 Å². The SMILES string of the molecule is Cc1cc(F)ccc1NC(=O)C(CC(C)C)N1Cc2ccccc2C1=O. The fourth-order valence-electron chi connectivity index (χ4n) is 3.33. The second kappa shape index (κ2) is 7.28. The Morgan fingerprint density at radius 3 is 2.62 bits per heavy atom. The molecule has 2 amide bonds. The smallest absolute Gasteiger partial charge is 0.255 e. The average molecular weight is 354 g/mol. The van der Waals surface area contributed by atoms with E-state index in [0.29, 0.717) is 29.8 Å². The molecule has 0 radical (unpaired) electrons. The number of carbonyl (C=O) groups is 2. The molecular weight excluding hydrogens is 331 g/mol. The van der Waals surface area contributed by atoms with Gasteiger partial charge in [-0.25, -0.2) is 4.39 Å². The summed E-state index contributed by atoms with van der Waals surface area (Å²) in [4.78, 5) is 27.4. The highest BCUT2D eigenvalue weighted by Crippen LogP contribution is 2.28. The van der Waals surface area contributed by atoms with Gasteiger partial charge in [0.1, 0.15) is 11.9 Å². The summed E-state index contributed by atoms with van der Waals surface area (Å²) < 4.78 is 13.3. The number of aryl methyl sites for hydroxylation is 1. The van der Waals surface area contributed by atoms with Gasteiger partial charge >= 0.3 is 0 Å². The molecule has 0 bridgehead atoms. The van der Waals surface area contributed by atoms with Crippen molar-refractivity contribution in [1.29, 1.82) is 0 Å². The van der Waals surface area contributed by atoms with Gasteiger partial charge in [0.05, 0.1) is 0 Å². The molecule has 5 heteroatoms. The molecule has 1 heterocycles. The van der Waals surface area contributed by atoms with Crippen LogP contribution in [-0.2, 0) is 11.3 Å². The number of hydrogen-bond acceptors (Lipinski definition) is 2. The minimum absolute atomic E-state index is 0.114. The van der Waals surface area contributed by atoms with Crippen molar-refractivity contribution in [2.75, 3.05) is 5.32 Å². The Bertz CT molecular complexity index is 848. The van der Waals surface area contributed by atoms with Crippen LogP contribution in [0.4, 0.5) is 10.1 Å². The number of anilines is 1. The quantitative estimate of drug-likeness (QED) is 0.877. The summed E-state index contributed by atoms with van der Waals surface area (Å²) >= 11 is 0.